The van der Waals surface area contributed by atoms with Gasteiger partial charge in [0.1, 0.15) is 6.04 Å². The number of carbonyl (C=O) groups is 2. The lowest BCUT2D eigenvalue weighted by Crippen LogP contribution is -2.46. The molecule has 2 N–H and O–H groups in total. The molecule has 0 heterocycles. The van der Waals surface area contributed by atoms with Crippen molar-refractivity contribution in [3.05, 3.63) is 0 Å². The van der Waals surface area contributed by atoms with E-state index < -0.39 is 6.04 Å². The van der Waals surface area contributed by atoms with Crippen LogP contribution in [0.5, 0.6) is 0 Å². The summed E-state index contributed by atoms with van der Waals surface area (Å²) in [5.74, 6) is -0.325. The van der Waals surface area contributed by atoms with E-state index in [9.17, 15) is 9.59 Å². The summed E-state index contributed by atoms with van der Waals surface area (Å²) >= 11 is 0. The van der Waals surface area contributed by atoms with Crippen LogP contribution < -0.4 is 10.6 Å². The van der Waals surface area contributed by atoms with Crippen LogP contribution in [0.25, 0.3) is 0 Å². The molecule has 0 saturated heterocycles. The van der Waals surface area contributed by atoms with E-state index in [4.69, 9.17) is 0 Å². The fraction of sp³-hybridized carbons (Fsp3) is 0.818. The van der Waals surface area contributed by atoms with Crippen molar-refractivity contribution >= 4 is 11.8 Å². The Hall–Kier alpha value is -1.10. The number of rotatable bonds is 7. The lowest BCUT2D eigenvalue weighted by Gasteiger charge is -2.19. The quantitative estimate of drug-likeness (QED) is 0.644. The van der Waals surface area contributed by atoms with Crippen molar-refractivity contribution in [3.63, 3.8) is 0 Å². The van der Waals surface area contributed by atoms with Gasteiger partial charge < -0.3 is 15.5 Å². The highest BCUT2D eigenvalue weighted by Gasteiger charge is 2.12. The van der Waals surface area contributed by atoms with E-state index in [2.05, 4.69) is 29.4 Å². The topological polar surface area (TPSA) is 61.4 Å². The van der Waals surface area contributed by atoms with Crippen molar-refractivity contribution in [2.24, 2.45) is 0 Å². The fourth-order valence-corrected chi connectivity index (χ4v) is 1.40. The van der Waals surface area contributed by atoms with Crippen LogP contribution in [0, 0.1) is 0 Å². The summed E-state index contributed by atoms with van der Waals surface area (Å²) in [6.07, 6.45) is 0. The first kappa shape index (κ1) is 14.9. The predicted molar refractivity (Wildman–Crippen MR) is 64.1 cm³/mol. The van der Waals surface area contributed by atoms with Gasteiger partial charge in [0.2, 0.25) is 11.8 Å². The molecule has 0 aromatic heterocycles. The Morgan fingerprint density at radius 3 is 2.25 bits per heavy atom. The van der Waals surface area contributed by atoms with E-state index in [-0.39, 0.29) is 11.8 Å². The molecule has 5 heteroatoms. The predicted octanol–water partition coefficient (Wildman–Crippen LogP) is -0.0310. The van der Waals surface area contributed by atoms with E-state index in [0.29, 0.717) is 6.54 Å². The second kappa shape index (κ2) is 8.10. The molecule has 0 rings (SSSR count). The van der Waals surface area contributed by atoms with Gasteiger partial charge in [-0.15, -0.1) is 0 Å². The second-order valence-corrected chi connectivity index (χ2v) is 3.74. The third-order valence-electron chi connectivity index (χ3n) is 2.43. The van der Waals surface area contributed by atoms with E-state index in [0.717, 1.165) is 19.6 Å². The average Bonchev–Trinajstić information content (AvgIpc) is 2.23. The highest BCUT2D eigenvalue weighted by Crippen LogP contribution is 1.86. The molecule has 0 aromatic rings. The van der Waals surface area contributed by atoms with Crippen LogP contribution in [0.3, 0.4) is 0 Å². The van der Waals surface area contributed by atoms with Gasteiger partial charge in [0.25, 0.3) is 0 Å². The Labute approximate surface area is 97.6 Å². The van der Waals surface area contributed by atoms with Crippen molar-refractivity contribution in [1.29, 1.82) is 0 Å². The minimum atomic E-state index is -0.464. The van der Waals surface area contributed by atoms with Crippen LogP contribution in [0.2, 0.25) is 0 Å². The van der Waals surface area contributed by atoms with Gasteiger partial charge in [-0.25, -0.2) is 0 Å². The third kappa shape index (κ3) is 6.40. The largest absolute Gasteiger partial charge is 0.353 e. The second-order valence-electron chi connectivity index (χ2n) is 3.74. The lowest BCUT2D eigenvalue weighted by molar-refractivity contribution is -0.127. The van der Waals surface area contributed by atoms with E-state index in [1.54, 1.807) is 6.92 Å². The molecule has 1 atom stereocenters. The summed E-state index contributed by atoms with van der Waals surface area (Å²) in [5, 5.41) is 5.34. The number of nitrogens with zero attached hydrogens (tertiary/aromatic N) is 1. The van der Waals surface area contributed by atoms with Crippen LogP contribution in [-0.4, -0.2) is 48.9 Å². The smallest absolute Gasteiger partial charge is 0.242 e. The van der Waals surface area contributed by atoms with Gasteiger partial charge in [-0.05, 0) is 20.0 Å². The van der Waals surface area contributed by atoms with Crippen LogP contribution in [-0.2, 0) is 9.59 Å². The summed E-state index contributed by atoms with van der Waals surface area (Å²) in [6.45, 7) is 10.7. The highest BCUT2D eigenvalue weighted by molar-refractivity contribution is 5.86. The molecule has 0 aromatic carbocycles. The number of hydrogen-bond acceptors (Lipinski definition) is 3. The zero-order valence-corrected chi connectivity index (χ0v) is 10.7. The van der Waals surface area contributed by atoms with Crippen molar-refractivity contribution < 1.29 is 9.59 Å². The van der Waals surface area contributed by atoms with Crippen molar-refractivity contribution in [2.45, 2.75) is 33.7 Å². The lowest BCUT2D eigenvalue weighted by atomic mass is 10.3. The minimum absolute atomic E-state index is 0.137. The minimum Gasteiger partial charge on any atom is -0.353 e. The van der Waals surface area contributed by atoms with Crippen molar-refractivity contribution in [2.75, 3.05) is 26.2 Å². The van der Waals surface area contributed by atoms with Gasteiger partial charge in [0.05, 0.1) is 0 Å². The summed E-state index contributed by atoms with van der Waals surface area (Å²) < 4.78 is 0. The Balaban J connectivity index is 3.76. The molecular weight excluding hydrogens is 206 g/mol. The molecule has 0 radical (unpaired) electrons. The van der Waals surface area contributed by atoms with Gasteiger partial charge in [-0.1, -0.05) is 13.8 Å². The molecule has 1 unspecified atom stereocenters. The molecule has 0 aliphatic heterocycles. The number of amides is 2. The van der Waals surface area contributed by atoms with Gasteiger partial charge in [0, 0.05) is 20.0 Å². The maximum Gasteiger partial charge on any atom is 0.242 e. The van der Waals surface area contributed by atoms with Crippen LogP contribution in [0.1, 0.15) is 27.7 Å². The van der Waals surface area contributed by atoms with Gasteiger partial charge in [-0.3, -0.25) is 9.59 Å². The number of likely N-dealkylation sites (N-methyl/N-ethyl adjacent to an activating group) is 1. The van der Waals surface area contributed by atoms with Crippen molar-refractivity contribution in [1.82, 2.24) is 15.5 Å². The Morgan fingerprint density at radius 1 is 1.25 bits per heavy atom. The zero-order chi connectivity index (χ0) is 12.6. The first-order chi connectivity index (χ1) is 7.51. The summed E-state index contributed by atoms with van der Waals surface area (Å²) in [5.41, 5.74) is 0. The summed E-state index contributed by atoms with van der Waals surface area (Å²) in [7, 11) is 0. The van der Waals surface area contributed by atoms with Gasteiger partial charge in [-0.2, -0.15) is 0 Å². The Bertz CT molecular complexity index is 227. The van der Waals surface area contributed by atoms with Crippen LogP contribution >= 0.6 is 0 Å². The van der Waals surface area contributed by atoms with E-state index in [1.807, 2.05) is 0 Å². The van der Waals surface area contributed by atoms with Gasteiger partial charge in [0.15, 0.2) is 0 Å². The summed E-state index contributed by atoms with van der Waals surface area (Å²) in [4.78, 5) is 24.5. The number of carbonyl (C=O) groups excluding carboxylic acids is 2. The molecule has 0 bridgehead atoms. The maximum absolute atomic E-state index is 11.5. The summed E-state index contributed by atoms with van der Waals surface area (Å²) in [6, 6.07) is -0.464. The Morgan fingerprint density at radius 2 is 1.81 bits per heavy atom. The molecule has 16 heavy (non-hydrogen) atoms. The molecule has 0 aliphatic rings. The first-order valence-electron chi connectivity index (χ1n) is 5.78. The zero-order valence-electron chi connectivity index (χ0n) is 10.7. The standard InChI is InChI=1S/C11H23N3O2/c1-5-14(6-2)8-7-12-11(16)9(3)13-10(4)15/h9H,5-8H2,1-4H3,(H,12,16)(H,13,15). The average molecular weight is 229 g/mol. The van der Waals surface area contributed by atoms with Crippen LogP contribution in [0.15, 0.2) is 0 Å². The van der Waals surface area contributed by atoms with E-state index in [1.165, 1.54) is 6.92 Å². The molecule has 94 valence electrons. The maximum atomic E-state index is 11.5. The van der Waals surface area contributed by atoms with Crippen molar-refractivity contribution in [3.8, 4) is 0 Å². The fourth-order valence-electron chi connectivity index (χ4n) is 1.40. The molecule has 5 nitrogen and oxygen atoms in total. The van der Waals surface area contributed by atoms with Gasteiger partial charge >= 0.3 is 0 Å². The monoisotopic (exact) mass is 229 g/mol. The van der Waals surface area contributed by atoms with Crippen LogP contribution in [0.4, 0.5) is 0 Å². The SMILES string of the molecule is CCN(CC)CCNC(=O)C(C)NC(C)=O. The Kier molecular flexibility index (Phi) is 7.54. The molecule has 2 amide bonds. The molecule has 0 spiro atoms. The molecular formula is C11H23N3O2. The third-order valence-corrected chi connectivity index (χ3v) is 2.43. The number of nitrogens with one attached hydrogen (secondary N) is 2. The molecule has 0 aliphatic carbocycles. The highest BCUT2D eigenvalue weighted by atomic mass is 16.2. The molecule has 0 fully saturated rings. The number of hydrogen-bond donors (Lipinski definition) is 2. The normalized spacial score (nSPS) is 12.3. The first-order valence-corrected chi connectivity index (χ1v) is 5.78. The van der Waals surface area contributed by atoms with E-state index >= 15 is 0 Å². The molecule has 0 saturated carbocycles.